The monoisotopic (exact) mass is 505 g/mol. The molecule has 0 N–H and O–H groups in total. The Balaban J connectivity index is 1.53. The normalized spacial score (nSPS) is 11.5. The summed E-state index contributed by atoms with van der Waals surface area (Å²) in [6.07, 6.45) is 0. The van der Waals surface area contributed by atoms with Gasteiger partial charge in [-0.25, -0.2) is 0 Å². The zero-order valence-corrected chi connectivity index (χ0v) is 21.7. The SMILES string of the molecule is N#Cc1ccc2cc(-c3cc(-c4ccccc4)c4c(c3-c3ccccc3)-c3cccc5cccc-4c35)ccc2c1. The van der Waals surface area contributed by atoms with Gasteiger partial charge in [0, 0.05) is 0 Å². The Morgan fingerprint density at radius 2 is 1.00 bits per heavy atom. The summed E-state index contributed by atoms with van der Waals surface area (Å²) >= 11 is 0. The Hall–Kier alpha value is -5.45. The van der Waals surface area contributed by atoms with E-state index in [-0.39, 0.29) is 0 Å². The van der Waals surface area contributed by atoms with Crippen LogP contribution in [0, 0.1) is 11.3 Å². The molecule has 0 bridgehead atoms. The lowest BCUT2D eigenvalue weighted by atomic mass is 9.82. The minimum absolute atomic E-state index is 0.681. The highest BCUT2D eigenvalue weighted by Gasteiger charge is 2.30. The smallest absolute Gasteiger partial charge is 0.0991 e. The second-order valence-electron chi connectivity index (χ2n) is 10.4. The predicted octanol–water partition coefficient (Wildman–Crippen LogP) is 10.5. The zero-order chi connectivity index (χ0) is 26.6. The molecule has 0 heterocycles. The maximum atomic E-state index is 9.41. The quantitative estimate of drug-likeness (QED) is 0.234. The summed E-state index contributed by atoms with van der Waals surface area (Å²) < 4.78 is 0. The molecule has 8 rings (SSSR count). The second-order valence-corrected chi connectivity index (χ2v) is 10.4. The average Bonchev–Trinajstić information content (AvgIpc) is 3.36. The van der Waals surface area contributed by atoms with Gasteiger partial charge in [-0.3, -0.25) is 0 Å². The van der Waals surface area contributed by atoms with Gasteiger partial charge in [0.15, 0.2) is 0 Å². The molecule has 0 unspecified atom stereocenters. The lowest BCUT2D eigenvalue weighted by Gasteiger charge is -2.21. The molecule has 0 saturated carbocycles. The highest BCUT2D eigenvalue weighted by molar-refractivity contribution is 6.22. The summed E-state index contributed by atoms with van der Waals surface area (Å²) in [6.45, 7) is 0. The summed E-state index contributed by atoms with van der Waals surface area (Å²) in [6, 6.07) is 52.1. The summed E-state index contributed by atoms with van der Waals surface area (Å²) in [7, 11) is 0. The van der Waals surface area contributed by atoms with Crippen LogP contribution in [0.15, 0.2) is 140 Å². The van der Waals surface area contributed by atoms with Crippen LogP contribution in [-0.4, -0.2) is 0 Å². The van der Waals surface area contributed by atoms with Crippen molar-refractivity contribution in [3.8, 4) is 61.7 Å². The van der Waals surface area contributed by atoms with Gasteiger partial charge in [0.1, 0.15) is 0 Å². The van der Waals surface area contributed by atoms with Gasteiger partial charge in [-0.1, -0.05) is 115 Å². The molecule has 0 amide bonds. The van der Waals surface area contributed by atoms with Crippen LogP contribution >= 0.6 is 0 Å². The topological polar surface area (TPSA) is 23.8 Å². The molecule has 1 heteroatoms. The van der Waals surface area contributed by atoms with Gasteiger partial charge in [-0.2, -0.15) is 5.26 Å². The van der Waals surface area contributed by atoms with E-state index in [9.17, 15) is 5.26 Å². The van der Waals surface area contributed by atoms with E-state index in [4.69, 9.17) is 0 Å². The first-order chi connectivity index (χ1) is 19.8. The molecule has 1 nitrogen and oxygen atoms in total. The van der Waals surface area contributed by atoms with Crippen molar-refractivity contribution in [2.75, 3.05) is 0 Å². The first-order valence-corrected chi connectivity index (χ1v) is 13.6. The third kappa shape index (κ3) is 3.34. The number of hydrogen-bond donors (Lipinski definition) is 0. The van der Waals surface area contributed by atoms with Crippen LogP contribution in [0.5, 0.6) is 0 Å². The summed E-state index contributed by atoms with van der Waals surface area (Å²) in [5.74, 6) is 0. The van der Waals surface area contributed by atoms with Crippen molar-refractivity contribution in [1.82, 2.24) is 0 Å². The van der Waals surface area contributed by atoms with Gasteiger partial charge >= 0.3 is 0 Å². The third-order valence-electron chi connectivity index (χ3n) is 8.20. The first kappa shape index (κ1) is 22.5. The Bertz CT molecular complexity index is 2140. The Labute approximate surface area is 233 Å². The molecule has 0 fully saturated rings. The molecule has 1 aliphatic rings. The first-order valence-electron chi connectivity index (χ1n) is 13.6. The van der Waals surface area contributed by atoms with Gasteiger partial charge in [0.05, 0.1) is 11.6 Å². The average molecular weight is 506 g/mol. The highest BCUT2D eigenvalue weighted by atomic mass is 14.3. The van der Waals surface area contributed by atoms with Crippen LogP contribution in [0.2, 0.25) is 0 Å². The van der Waals surface area contributed by atoms with Crippen LogP contribution in [0.1, 0.15) is 5.56 Å². The lowest BCUT2D eigenvalue weighted by Crippen LogP contribution is -1.94. The maximum absolute atomic E-state index is 9.41. The van der Waals surface area contributed by atoms with Crippen molar-refractivity contribution in [3.05, 3.63) is 145 Å². The molecule has 1 aliphatic carbocycles. The number of benzene rings is 7. The second kappa shape index (κ2) is 8.80. The molecule has 184 valence electrons. The van der Waals surface area contributed by atoms with Gasteiger partial charge < -0.3 is 0 Å². The van der Waals surface area contributed by atoms with E-state index in [1.54, 1.807) is 0 Å². The molecular formula is C39H23N. The summed E-state index contributed by atoms with van der Waals surface area (Å²) in [5, 5.41) is 14.2. The fourth-order valence-corrected chi connectivity index (χ4v) is 6.45. The third-order valence-corrected chi connectivity index (χ3v) is 8.20. The number of hydrogen-bond acceptors (Lipinski definition) is 1. The van der Waals surface area contributed by atoms with Crippen molar-refractivity contribution < 1.29 is 0 Å². The molecule has 0 radical (unpaired) electrons. The molecule has 7 aromatic rings. The highest BCUT2D eigenvalue weighted by Crippen LogP contribution is 2.57. The summed E-state index contributed by atoms with van der Waals surface area (Å²) in [5.41, 5.74) is 13.2. The zero-order valence-electron chi connectivity index (χ0n) is 21.7. The van der Waals surface area contributed by atoms with Crippen molar-refractivity contribution in [2.24, 2.45) is 0 Å². The van der Waals surface area contributed by atoms with E-state index in [0.29, 0.717) is 5.56 Å². The standard InChI is InChI=1S/C39H23N/c40-24-25-17-18-30-22-31(20-19-29(30)21-25)35-23-34(26-9-3-1-4-10-26)38-32-15-7-13-27-14-8-16-33(36(27)32)39(38)37(35)28-11-5-2-6-12-28/h1-23H. The van der Waals surface area contributed by atoms with Crippen LogP contribution in [0.3, 0.4) is 0 Å². The molecular weight excluding hydrogens is 482 g/mol. The predicted molar refractivity (Wildman–Crippen MR) is 167 cm³/mol. The molecule has 40 heavy (non-hydrogen) atoms. The Morgan fingerprint density at radius 3 is 1.73 bits per heavy atom. The maximum Gasteiger partial charge on any atom is 0.0991 e. The fourth-order valence-electron chi connectivity index (χ4n) is 6.45. The number of rotatable bonds is 3. The molecule has 0 atom stereocenters. The van der Waals surface area contributed by atoms with Crippen molar-refractivity contribution in [1.29, 1.82) is 5.26 Å². The fraction of sp³-hybridized carbons (Fsp3) is 0. The number of nitrogens with zero attached hydrogens (tertiary/aromatic N) is 1. The summed E-state index contributed by atoms with van der Waals surface area (Å²) in [4.78, 5) is 0. The van der Waals surface area contributed by atoms with E-state index in [2.05, 4.69) is 133 Å². The van der Waals surface area contributed by atoms with Crippen LogP contribution in [0.4, 0.5) is 0 Å². The Kier molecular flexibility index (Phi) is 4.96. The minimum Gasteiger partial charge on any atom is -0.192 e. The molecule has 0 saturated heterocycles. The number of fused-ring (bicyclic) bond motifs is 4. The minimum atomic E-state index is 0.681. The molecule has 7 aromatic carbocycles. The van der Waals surface area contributed by atoms with E-state index in [1.165, 1.54) is 66.4 Å². The molecule has 0 aromatic heterocycles. The van der Waals surface area contributed by atoms with Gasteiger partial charge in [-0.05, 0) is 101 Å². The van der Waals surface area contributed by atoms with Gasteiger partial charge in [0.25, 0.3) is 0 Å². The van der Waals surface area contributed by atoms with E-state index in [1.807, 2.05) is 12.1 Å². The van der Waals surface area contributed by atoms with E-state index < -0.39 is 0 Å². The van der Waals surface area contributed by atoms with E-state index in [0.717, 1.165) is 10.8 Å². The Morgan fingerprint density at radius 1 is 0.375 bits per heavy atom. The number of nitriles is 1. The van der Waals surface area contributed by atoms with E-state index >= 15 is 0 Å². The molecule has 0 aliphatic heterocycles. The van der Waals surface area contributed by atoms with Gasteiger partial charge in [-0.15, -0.1) is 0 Å². The van der Waals surface area contributed by atoms with Gasteiger partial charge in [0.2, 0.25) is 0 Å². The largest absolute Gasteiger partial charge is 0.192 e. The van der Waals surface area contributed by atoms with Crippen LogP contribution < -0.4 is 0 Å². The van der Waals surface area contributed by atoms with Crippen molar-refractivity contribution in [3.63, 3.8) is 0 Å². The van der Waals surface area contributed by atoms with Crippen molar-refractivity contribution in [2.45, 2.75) is 0 Å². The van der Waals surface area contributed by atoms with Crippen LogP contribution in [-0.2, 0) is 0 Å². The van der Waals surface area contributed by atoms with Crippen LogP contribution in [0.25, 0.3) is 77.2 Å². The molecule has 0 spiro atoms. The lowest BCUT2D eigenvalue weighted by molar-refractivity contribution is 1.50. The van der Waals surface area contributed by atoms with Crippen molar-refractivity contribution >= 4 is 21.5 Å².